The maximum Gasteiger partial charge on any atom is 0.371 e. The molecule has 0 aliphatic heterocycles. The summed E-state index contributed by atoms with van der Waals surface area (Å²) in [5.74, 6) is -1.50. The van der Waals surface area contributed by atoms with Gasteiger partial charge in [-0.2, -0.15) is 0 Å². The van der Waals surface area contributed by atoms with Crippen molar-refractivity contribution in [1.82, 2.24) is 0 Å². The Morgan fingerprint density at radius 1 is 1.20 bits per heavy atom. The molecule has 1 amide bonds. The van der Waals surface area contributed by atoms with Crippen LogP contribution in [0.5, 0.6) is 17.4 Å². The summed E-state index contributed by atoms with van der Waals surface area (Å²) < 4.78 is 15.3. The van der Waals surface area contributed by atoms with Gasteiger partial charge in [0.25, 0.3) is 5.95 Å². The van der Waals surface area contributed by atoms with E-state index in [4.69, 9.17) is 24.7 Å². The van der Waals surface area contributed by atoms with Crippen LogP contribution in [-0.2, 0) is 0 Å². The van der Waals surface area contributed by atoms with Gasteiger partial charge in [0.1, 0.15) is 11.5 Å². The van der Waals surface area contributed by atoms with E-state index >= 15 is 0 Å². The number of hydrogen-bond acceptors (Lipinski definition) is 5. The van der Waals surface area contributed by atoms with Crippen LogP contribution in [-0.4, -0.2) is 24.1 Å². The zero-order valence-electron chi connectivity index (χ0n) is 10.5. The molecule has 1 heterocycles. The van der Waals surface area contributed by atoms with Crippen molar-refractivity contribution in [3.05, 3.63) is 41.7 Å². The third-order valence-corrected chi connectivity index (χ3v) is 2.41. The van der Waals surface area contributed by atoms with E-state index in [-0.39, 0.29) is 23.0 Å². The maximum absolute atomic E-state index is 11.2. The van der Waals surface area contributed by atoms with E-state index in [1.54, 1.807) is 0 Å². The molecule has 0 bridgehead atoms. The summed E-state index contributed by atoms with van der Waals surface area (Å²) in [7, 11) is 1.43. The molecule has 104 valence electrons. The number of ether oxygens (including phenoxy) is 2. The smallest absolute Gasteiger partial charge is 0.371 e. The van der Waals surface area contributed by atoms with Gasteiger partial charge in [0.05, 0.1) is 7.11 Å². The Morgan fingerprint density at radius 2 is 1.90 bits per heavy atom. The normalized spacial score (nSPS) is 10.1. The van der Waals surface area contributed by atoms with Crippen LogP contribution >= 0.6 is 0 Å². The van der Waals surface area contributed by atoms with Crippen LogP contribution in [0, 0.1) is 0 Å². The van der Waals surface area contributed by atoms with E-state index in [2.05, 4.69) is 0 Å². The highest BCUT2D eigenvalue weighted by atomic mass is 16.6. The predicted octanol–water partition coefficient (Wildman–Crippen LogP) is 1.88. The lowest BCUT2D eigenvalue weighted by atomic mass is 10.2. The Hall–Kier alpha value is -2.96. The molecule has 0 spiro atoms. The molecule has 0 saturated heterocycles. The molecule has 0 atom stereocenters. The minimum absolute atomic E-state index is 0.0222. The first kappa shape index (κ1) is 13.5. The zero-order valence-corrected chi connectivity index (χ0v) is 10.5. The van der Waals surface area contributed by atoms with E-state index in [0.717, 1.165) is 0 Å². The zero-order chi connectivity index (χ0) is 14.7. The largest absolute Gasteiger partial charge is 0.497 e. The fraction of sp³-hybridized carbons (Fsp3) is 0.0769. The van der Waals surface area contributed by atoms with E-state index < -0.39 is 11.9 Å². The molecule has 0 aliphatic rings. The number of carboxylic acids is 1. The molecule has 0 radical (unpaired) electrons. The second-order valence-electron chi connectivity index (χ2n) is 3.79. The van der Waals surface area contributed by atoms with Gasteiger partial charge in [0, 0.05) is 17.7 Å². The van der Waals surface area contributed by atoms with E-state index in [9.17, 15) is 9.59 Å². The van der Waals surface area contributed by atoms with E-state index in [1.165, 1.54) is 37.4 Å². The van der Waals surface area contributed by atoms with Crippen LogP contribution in [0.3, 0.4) is 0 Å². The van der Waals surface area contributed by atoms with Crippen LogP contribution in [0.4, 0.5) is 0 Å². The second-order valence-corrected chi connectivity index (χ2v) is 3.79. The van der Waals surface area contributed by atoms with Crippen LogP contribution in [0.25, 0.3) is 0 Å². The van der Waals surface area contributed by atoms with Gasteiger partial charge in [-0.1, -0.05) is 0 Å². The quantitative estimate of drug-likeness (QED) is 0.862. The van der Waals surface area contributed by atoms with Crippen molar-refractivity contribution in [2.24, 2.45) is 5.73 Å². The van der Waals surface area contributed by atoms with Crippen LogP contribution in [0.1, 0.15) is 20.9 Å². The van der Waals surface area contributed by atoms with Gasteiger partial charge < -0.3 is 24.7 Å². The van der Waals surface area contributed by atoms with Crippen LogP contribution in [0.2, 0.25) is 0 Å². The number of methoxy groups -OCH3 is 1. The average Bonchev–Trinajstić information content (AvgIpc) is 2.87. The summed E-state index contributed by atoms with van der Waals surface area (Å²) >= 11 is 0. The Morgan fingerprint density at radius 3 is 2.45 bits per heavy atom. The van der Waals surface area contributed by atoms with Gasteiger partial charge >= 0.3 is 5.97 Å². The molecular weight excluding hydrogens is 266 g/mol. The predicted molar refractivity (Wildman–Crippen MR) is 67.3 cm³/mol. The molecule has 1 aromatic carbocycles. The molecule has 7 nitrogen and oxygen atoms in total. The second kappa shape index (κ2) is 5.35. The number of carbonyl (C=O) groups is 2. The molecule has 0 unspecified atom stereocenters. The fourth-order valence-corrected chi connectivity index (χ4v) is 1.50. The standard InChI is InChI=1S/C13H11NO6/c1-18-8-4-7(12(14)15)5-9(6-8)19-11-3-2-10(20-11)13(16)17/h2-6H,1H3,(H2,14,15)(H,16,17). The summed E-state index contributed by atoms with van der Waals surface area (Å²) in [5, 5.41) is 8.73. The lowest BCUT2D eigenvalue weighted by molar-refractivity contribution is 0.0657. The number of nitrogens with two attached hydrogens (primary N) is 1. The van der Waals surface area contributed by atoms with Crippen molar-refractivity contribution < 1.29 is 28.6 Å². The number of carboxylic acid groups (broad SMARTS) is 1. The third-order valence-electron chi connectivity index (χ3n) is 2.41. The molecule has 2 aromatic rings. The van der Waals surface area contributed by atoms with Gasteiger partial charge in [-0.15, -0.1) is 0 Å². The van der Waals surface area contributed by atoms with Gasteiger partial charge in [0.2, 0.25) is 11.7 Å². The lowest BCUT2D eigenvalue weighted by Gasteiger charge is -2.07. The summed E-state index contributed by atoms with van der Waals surface area (Å²) in [5.41, 5.74) is 5.39. The van der Waals surface area contributed by atoms with Crippen molar-refractivity contribution in [1.29, 1.82) is 0 Å². The molecule has 20 heavy (non-hydrogen) atoms. The van der Waals surface area contributed by atoms with Gasteiger partial charge in [-0.3, -0.25) is 4.79 Å². The van der Waals surface area contributed by atoms with Gasteiger partial charge in [-0.25, -0.2) is 4.79 Å². The van der Waals surface area contributed by atoms with Crippen LogP contribution in [0.15, 0.2) is 34.7 Å². The molecule has 7 heteroatoms. The molecule has 0 fully saturated rings. The van der Waals surface area contributed by atoms with Crippen molar-refractivity contribution in [2.45, 2.75) is 0 Å². The molecule has 0 aliphatic carbocycles. The number of rotatable bonds is 5. The first-order chi connectivity index (χ1) is 9.49. The Kier molecular flexibility index (Phi) is 3.60. The van der Waals surface area contributed by atoms with Crippen molar-refractivity contribution in [3.63, 3.8) is 0 Å². The summed E-state index contributed by atoms with van der Waals surface area (Å²) in [4.78, 5) is 21.9. The number of primary amides is 1. The number of benzene rings is 1. The molecule has 3 N–H and O–H groups in total. The lowest BCUT2D eigenvalue weighted by Crippen LogP contribution is -2.11. The number of amides is 1. The van der Waals surface area contributed by atoms with Gasteiger partial charge in [0.15, 0.2) is 0 Å². The topological polar surface area (TPSA) is 112 Å². The highest BCUT2D eigenvalue weighted by Gasteiger charge is 2.12. The fourth-order valence-electron chi connectivity index (χ4n) is 1.50. The highest BCUT2D eigenvalue weighted by Crippen LogP contribution is 2.28. The number of furan rings is 1. The van der Waals surface area contributed by atoms with E-state index in [0.29, 0.717) is 5.75 Å². The summed E-state index contributed by atoms with van der Waals surface area (Å²) in [6, 6.07) is 6.98. The maximum atomic E-state index is 11.2. The number of aromatic carboxylic acids is 1. The summed E-state index contributed by atoms with van der Waals surface area (Å²) in [6.07, 6.45) is 0. The molecule has 1 aromatic heterocycles. The Balaban J connectivity index is 2.29. The average molecular weight is 277 g/mol. The highest BCUT2D eigenvalue weighted by molar-refractivity contribution is 5.93. The number of carbonyl (C=O) groups excluding carboxylic acids is 1. The Labute approximate surface area is 113 Å². The van der Waals surface area contributed by atoms with Crippen LogP contribution < -0.4 is 15.2 Å². The van der Waals surface area contributed by atoms with Gasteiger partial charge in [-0.05, 0) is 18.2 Å². The molecule has 0 saturated carbocycles. The Bertz CT molecular complexity index is 661. The third kappa shape index (κ3) is 2.89. The van der Waals surface area contributed by atoms with Crippen molar-refractivity contribution >= 4 is 11.9 Å². The van der Waals surface area contributed by atoms with E-state index in [1.807, 2.05) is 0 Å². The SMILES string of the molecule is COc1cc(Oc2ccc(C(=O)O)o2)cc(C(N)=O)c1. The van der Waals surface area contributed by atoms with Crippen molar-refractivity contribution in [2.75, 3.05) is 7.11 Å². The first-order valence-electron chi connectivity index (χ1n) is 5.49. The molecular formula is C13H11NO6. The first-order valence-corrected chi connectivity index (χ1v) is 5.49. The number of hydrogen-bond donors (Lipinski definition) is 2. The minimum atomic E-state index is -1.21. The van der Waals surface area contributed by atoms with Crippen molar-refractivity contribution in [3.8, 4) is 17.4 Å². The minimum Gasteiger partial charge on any atom is -0.497 e. The summed E-state index contributed by atoms with van der Waals surface area (Å²) in [6.45, 7) is 0. The monoisotopic (exact) mass is 277 g/mol. The molecule has 2 rings (SSSR count).